The number of hydrogen-bond donors (Lipinski definition) is 1. The van der Waals surface area contributed by atoms with Gasteiger partial charge in [0.1, 0.15) is 0 Å². The van der Waals surface area contributed by atoms with Gasteiger partial charge in [-0.15, -0.1) is 0 Å². The first-order valence-electron chi connectivity index (χ1n) is 5.61. The number of rotatable bonds is 6. The second-order valence-corrected chi connectivity index (χ2v) is 3.81. The van der Waals surface area contributed by atoms with Crippen LogP contribution in [0.1, 0.15) is 39.5 Å². The van der Waals surface area contributed by atoms with Crippen molar-refractivity contribution in [3.05, 3.63) is 18.3 Å². The van der Waals surface area contributed by atoms with Gasteiger partial charge < -0.3 is 10.5 Å². The summed E-state index contributed by atoms with van der Waals surface area (Å²) < 4.78 is 5.70. The molecule has 1 unspecified atom stereocenters. The van der Waals surface area contributed by atoms with Gasteiger partial charge in [0.05, 0.1) is 6.10 Å². The molecule has 0 amide bonds. The van der Waals surface area contributed by atoms with Crippen LogP contribution in [0.25, 0.3) is 0 Å². The highest BCUT2D eigenvalue weighted by atomic mass is 16.5. The summed E-state index contributed by atoms with van der Waals surface area (Å²) >= 11 is 0. The van der Waals surface area contributed by atoms with Gasteiger partial charge in [-0.05, 0) is 31.9 Å². The van der Waals surface area contributed by atoms with E-state index in [0.29, 0.717) is 11.6 Å². The van der Waals surface area contributed by atoms with Gasteiger partial charge in [-0.25, -0.2) is 4.98 Å². The molecule has 84 valence electrons. The third-order valence-electron chi connectivity index (χ3n) is 2.34. The highest BCUT2D eigenvalue weighted by Gasteiger charge is 2.06. The number of pyridine rings is 1. The maximum absolute atomic E-state index is 5.70. The van der Waals surface area contributed by atoms with Gasteiger partial charge >= 0.3 is 0 Å². The van der Waals surface area contributed by atoms with Crippen molar-refractivity contribution in [2.45, 2.75) is 45.6 Å². The molecule has 0 radical (unpaired) electrons. The van der Waals surface area contributed by atoms with Crippen LogP contribution in [-0.2, 0) is 0 Å². The standard InChI is InChI=1S/C12H20N2O/c1-3-4-5-7-10(2)15-11-8-6-9-14-12(11)13/h6,8-10H,3-5,7H2,1-2H3,(H2,13,14). The zero-order valence-corrected chi connectivity index (χ0v) is 9.57. The molecule has 2 N–H and O–H groups in total. The molecule has 0 saturated heterocycles. The van der Waals surface area contributed by atoms with Crippen LogP contribution in [0.4, 0.5) is 5.82 Å². The Kier molecular flexibility index (Phi) is 4.95. The number of nitrogens with two attached hydrogens (primary N) is 1. The largest absolute Gasteiger partial charge is 0.487 e. The lowest BCUT2D eigenvalue weighted by Gasteiger charge is -2.15. The van der Waals surface area contributed by atoms with Gasteiger partial charge in [-0.2, -0.15) is 0 Å². The summed E-state index contributed by atoms with van der Waals surface area (Å²) in [6.45, 7) is 4.27. The van der Waals surface area contributed by atoms with Crippen molar-refractivity contribution >= 4 is 5.82 Å². The van der Waals surface area contributed by atoms with E-state index in [1.807, 2.05) is 12.1 Å². The molecule has 0 fully saturated rings. The second-order valence-electron chi connectivity index (χ2n) is 3.81. The number of nitrogen functional groups attached to an aromatic ring is 1. The Hall–Kier alpha value is -1.25. The topological polar surface area (TPSA) is 48.1 Å². The van der Waals surface area contributed by atoms with Crippen LogP contribution in [0.5, 0.6) is 5.75 Å². The Labute approximate surface area is 91.7 Å². The molecule has 1 rings (SSSR count). The highest BCUT2D eigenvalue weighted by molar-refractivity contribution is 5.44. The van der Waals surface area contributed by atoms with E-state index < -0.39 is 0 Å². The quantitative estimate of drug-likeness (QED) is 0.731. The first kappa shape index (κ1) is 11.8. The Morgan fingerprint density at radius 3 is 2.93 bits per heavy atom. The molecule has 0 bridgehead atoms. The number of aromatic nitrogens is 1. The molecule has 0 saturated carbocycles. The second kappa shape index (κ2) is 6.27. The number of ether oxygens (including phenoxy) is 1. The van der Waals surface area contributed by atoms with Crippen molar-refractivity contribution < 1.29 is 4.74 Å². The van der Waals surface area contributed by atoms with Gasteiger partial charge in [0.2, 0.25) is 0 Å². The predicted molar refractivity (Wildman–Crippen MR) is 62.9 cm³/mol. The third-order valence-corrected chi connectivity index (χ3v) is 2.34. The monoisotopic (exact) mass is 208 g/mol. The number of hydrogen-bond acceptors (Lipinski definition) is 3. The van der Waals surface area contributed by atoms with Gasteiger partial charge in [0, 0.05) is 6.20 Å². The van der Waals surface area contributed by atoms with E-state index in [4.69, 9.17) is 10.5 Å². The molecule has 1 heterocycles. The van der Waals surface area contributed by atoms with Gasteiger partial charge in [-0.1, -0.05) is 19.8 Å². The smallest absolute Gasteiger partial charge is 0.166 e. The van der Waals surface area contributed by atoms with Crippen molar-refractivity contribution in [2.75, 3.05) is 5.73 Å². The molecule has 1 atom stereocenters. The summed E-state index contributed by atoms with van der Waals surface area (Å²) in [6, 6.07) is 3.70. The fourth-order valence-electron chi connectivity index (χ4n) is 1.46. The molecule has 3 heteroatoms. The molecular weight excluding hydrogens is 188 g/mol. The molecule has 3 nitrogen and oxygen atoms in total. The van der Waals surface area contributed by atoms with Crippen molar-refractivity contribution in [3.8, 4) is 5.75 Å². The summed E-state index contributed by atoms with van der Waals surface area (Å²) in [4.78, 5) is 3.98. The third kappa shape index (κ3) is 4.19. The normalized spacial score (nSPS) is 12.4. The zero-order chi connectivity index (χ0) is 11.1. The molecule has 0 aliphatic carbocycles. The molecular formula is C12H20N2O. The molecule has 0 aromatic carbocycles. The molecule has 15 heavy (non-hydrogen) atoms. The van der Waals surface area contributed by atoms with Gasteiger partial charge in [0.25, 0.3) is 0 Å². The van der Waals surface area contributed by atoms with Crippen LogP contribution >= 0.6 is 0 Å². The lowest BCUT2D eigenvalue weighted by molar-refractivity contribution is 0.207. The lowest BCUT2D eigenvalue weighted by Crippen LogP contribution is -2.12. The molecule has 0 aliphatic heterocycles. The number of unbranched alkanes of at least 4 members (excludes halogenated alkanes) is 2. The van der Waals surface area contributed by atoms with E-state index in [1.165, 1.54) is 19.3 Å². The maximum Gasteiger partial charge on any atom is 0.166 e. The molecule has 0 aliphatic rings. The fraction of sp³-hybridized carbons (Fsp3) is 0.583. The summed E-state index contributed by atoms with van der Waals surface area (Å²) in [6.07, 6.45) is 6.66. The SMILES string of the molecule is CCCCCC(C)Oc1cccnc1N. The molecule has 1 aromatic heterocycles. The first-order chi connectivity index (χ1) is 7.24. The lowest BCUT2D eigenvalue weighted by atomic mass is 10.1. The predicted octanol–water partition coefficient (Wildman–Crippen LogP) is 3.01. The Morgan fingerprint density at radius 1 is 1.47 bits per heavy atom. The fourth-order valence-corrected chi connectivity index (χ4v) is 1.46. The first-order valence-corrected chi connectivity index (χ1v) is 5.61. The Bertz CT molecular complexity index is 289. The van der Waals surface area contributed by atoms with E-state index in [0.717, 1.165) is 6.42 Å². The van der Waals surface area contributed by atoms with E-state index in [1.54, 1.807) is 6.20 Å². The summed E-state index contributed by atoms with van der Waals surface area (Å²) in [7, 11) is 0. The van der Waals surface area contributed by atoms with Crippen LogP contribution in [-0.4, -0.2) is 11.1 Å². The number of nitrogens with zero attached hydrogens (tertiary/aromatic N) is 1. The number of anilines is 1. The van der Waals surface area contributed by atoms with Crippen molar-refractivity contribution in [2.24, 2.45) is 0 Å². The summed E-state index contributed by atoms with van der Waals surface area (Å²) in [5.74, 6) is 1.17. The minimum atomic E-state index is 0.211. The molecule has 1 aromatic rings. The van der Waals surface area contributed by atoms with Crippen LogP contribution < -0.4 is 10.5 Å². The average Bonchev–Trinajstić information content (AvgIpc) is 2.22. The maximum atomic E-state index is 5.70. The van der Waals surface area contributed by atoms with Crippen LogP contribution in [0.2, 0.25) is 0 Å². The van der Waals surface area contributed by atoms with E-state index in [-0.39, 0.29) is 6.10 Å². The minimum absolute atomic E-state index is 0.211. The van der Waals surface area contributed by atoms with E-state index in [2.05, 4.69) is 18.8 Å². The van der Waals surface area contributed by atoms with Crippen LogP contribution in [0.15, 0.2) is 18.3 Å². The Balaban J connectivity index is 2.37. The van der Waals surface area contributed by atoms with Crippen molar-refractivity contribution in [3.63, 3.8) is 0 Å². The average molecular weight is 208 g/mol. The van der Waals surface area contributed by atoms with Crippen LogP contribution in [0.3, 0.4) is 0 Å². The van der Waals surface area contributed by atoms with Crippen LogP contribution in [0, 0.1) is 0 Å². The minimum Gasteiger partial charge on any atom is -0.487 e. The van der Waals surface area contributed by atoms with Gasteiger partial charge in [-0.3, -0.25) is 0 Å². The zero-order valence-electron chi connectivity index (χ0n) is 9.57. The van der Waals surface area contributed by atoms with Crippen molar-refractivity contribution in [1.29, 1.82) is 0 Å². The summed E-state index contributed by atoms with van der Waals surface area (Å²) in [5, 5.41) is 0. The van der Waals surface area contributed by atoms with Crippen molar-refractivity contribution in [1.82, 2.24) is 4.98 Å². The van der Waals surface area contributed by atoms with Gasteiger partial charge in [0.15, 0.2) is 11.6 Å². The molecule has 0 spiro atoms. The highest BCUT2D eigenvalue weighted by Crippen LogP contribution is 2.20. The van der Waals surface area contributed by atoms with E-state index in [9.17, 15) is 0 Å². The summed E-state index contributed by atoms with van der Waals surface area (Å²) in [5.41, 5.74) is 5.69. The van der Waals surface area contributed by atoms with E-state index >= 15 is 0 Å². The Morgan fingerprint density at radius 2 is 2.27 bits per heavy atom.